The van der Waals surface area contributed by atoms with E-state index in [1.807, 2.05) is 30.3 Å². The average molecular weight is 328 g/mol. The first-order chi connectivity index (χ1) is 11.7. The van der Waals surface area contributed by atoms with Crippen LogP contribution < -0.4 is 14.9 Å². The van der Waals surface area contributed by atoms with Crippen molar-refractivity contribution in [1.82, 2.24) is 0 Å². The van der Waals surface area contributed by atoms with Crippen LogP contribution in [0.15, 0.2) is 51.7 Å². The lowest BCUT2D eigenvalue weighted by atomic mass is 10.1. The molecule has 0 spiro atoms. The van der Waals surface area contributed by atoms with Gasteiger partial charge in [0.15, 0.2) is 23.7 Å². The van der Waals surface area contributed by atoms with Gasteiger partial charge >= 0.3 is 0 Å². The van der Waals surface area contributed by atoms with Gasteiger partial charge in [-0.2, -0.15) is 0 Å². The number of fused-ring (bicyclic) bond motifs is 1. The fourth-order valence-corrected chi connectivity index (χ4v) is 2.43. The minimum Gasteiger partial charge on any atom is -0.504 e. The molecule has 0 aliphatic carbocycles. The Morgan fingerprint density at radius 2 is 1.88 bits per heavy atom. The van der Waals surface area contributed by atoms with Crippen molar-refractivity contribution in [2.45, 2.75) is 0 Å². The van der Waals surface area contributed by atoms with Gasteiger partial charge in [0.05, 0.1) is 7.11 Å². The van der Waals surface area contributed by atoms with Crippen molar-refractivity contribution in [3.63, 3.8) is 0 Å². The maximum absolute atomic E-state index is 12.4. The van der Waals surface area contributed by atoms with Gasteiger partial charge < -0.3 is 23.7 Å². The number of ether oxygens (including phenoxy) is 3. The van der Waals surface area contributed by atoms with E-state index < -0.39 is 0 Å². The Kier molecular flexibility index (Phi) is 4.39. The molecule has 0 bridgehead atoms. The molecule has 3 aromatic rings. The summed E-state index contributed by atoms with van der Waals surface area (Å²) in [6.07, 6.45) is 0. The van der Waals surface area contributed by atoms with Crippen LogP contribution in [0.2, 0.25) is 0 Å². The molecule has 1 N–H and O–H groups in total. The van der Waals surface area contributed by atoms with Crippen LogP contribution >= 0.6 is 0 Å². The summed E-state index contributed by atoms with van der Waals surface area (Å²) in [5.41, 5.74) is 0.584. The van der Waals surface area contributed by atoms with E-state index in [1.165, 1.54) is 26.4 Å². The smallest absolute Gasteiger partial charge is 0.204 e. The van der Waals surface area contributed by atoms with Crippen molar-refractivity contribution in [2.24, 2.45) is 0 Å². The van der Waals surface area contributed by atoms with Crippen LogP contribution in [0.5, 0.6) is 17.2 Å². The van der Waals surface area contributed by atoms with E-state index in [0.29, 0.717) is 5.76 Å². The molecule has 0 aliphatic heterocycles. The molecule has 24 heavy (non-hydrogen) atoms. The topological polar surface area (TPSA) is 78.1 Å². The van der Waals surface area contributed by atoms with Gasteiger partial charge in [0.25, 0.3) is 0 Å². The highest BCUT2D eigenvalue weighted by Crippen LogP contribution is 2.42. The third kappa shape index (κ3) is 2.79. The van der Waals surface area contributed by atoms with Gasteiger partial charge in [-0.05, 0) is 0 Å². The number of hydrogen-bond donors (Lipinski definition) is 1. The average Bonchev–Trinajstić information content (AvgIpc) is 2.60. The van der Waals surface area contributed by atoms with Crippen molar-refractivity contribution in [1.29, 1.82) is 0 Å². The van der Waals surface area contributed by atoms with Crippen LogP contribution in [-0.4, -0.2) is 26.1 Å². The van der Waals surface area contributed by atoms with E-state index in [2.05, 4.69) is 0 Å². The Hall–Kier alpha value is -2.99. The first kappa shape index (κ1) is 15.9. The maximum atomic E-state index is 12.4. The third-order valence-corrected chi connectivity index (χ3v) is 3.51. The van der Waals surface area contributed by atoms with E-state index in [1.54, 1.807) is 0 Å². The fraction of sp³-hybridized carbons (Fsp3) is 0.167. The number of aromatic hydroxyl groups is 1. The highest BCUT2D eigenvalue weighted by Gasteiger charge is 2.19. The lowest BCUT2D eigenvalue weighted by Gasteiger charge is -2.13. The molecule has 1 aromatic heterocycles. The zero-order valence-corrected chi connectivity index (χ0v) is 13.2. The number of benzene rings is 2. The van der Waals surface area contributed by atoms with Crippen molar-refractivity contribution in [3.8, 4) is 28.6 Å². The molecule has 1 heterocycles. The summed E-state index contributed by atoms with van der Waals surface area (Å²) in [6.45, 7) is -0.0378. The molecule has 0 unspecified atom stereocenters. The van der Waals surface area contributed by atoms with Crippen molar-refractivity contribution in [3.05, 3.63) is 52.7 Å². The number of hydrogen-bond acceptors (Lipinski definition) is 6. The first-order valence-electron chi connectivity index (χ1n) is 7.20. The fourth-order valence-electron chi connectivity index (χ4n) is 2.43. The Morgan fingerprint density at radius 3 is 2.54 bits per heavy atom. The molecule has 124 valence electrons. The van der Waals surface area contributed by atoms with Crippen molar-refractivity contribution in [2.75, 3.05) is 21.0 Å². The predicted molar refractivity (Wildman–Crippen MR) is 88.6 cm³/mol. The maximum Gasteiger partial charge on any atom is 0.204 e. The molecule has 0 radical (unpaired) electrons. The molecule has 6 nitrogen and oxygen atoms in total. The highest BCUT2D eigenvalue weighted by molar-refractivity contribution is 5.89. The molecule has 0 amide bonds. The molecule has 0 fully saturated rings. The molecular formula is C18H16O6. The zero-order valence-electron chi connectivity index (χ0n) is 13.2. The number of methoxy groups -OCH3 is 2. The summed E-state index contributed by atoms with van der Waals surface area (Å²) in [7, 11) is 2.85. The summed E-state index contributed by atoms with van der Waals surface area (Å²) >= 11 is 0. The number of rotatable bonds is 5. The minimum absolute atomic E-state index is 0.0378. The first-order valence-corrected chi connectivity index (χ1v) is 7.20. The standard InChI is InChI=1S/C18H16O6/c1-21-10-23-15-9-14-16(17(20)18(15)22-2)12(19)8-13(24-14)11-6-4-3-5-7-11/h3-9,20H,10H2,1-2H3. The summed E-state index contributed by atoms with van der Waals surface area (Å²) < 4.78 is 21.2. The van der Waals surface area contributed by atoms with Crippen molar-refractivity contribution < 1.29 is 23.7 Å². The van der Waals surface area contributed by atoms with E-state index in [-0.39, 0.29) is 40.4 Å². The summed E-state index contributed by atoms with van der Waals surface area (Å²) in [6, 6.07) is 12.1. The molecular weight excluding hydrogens is 312 g/mol. The predicted octanol–water partition coefficient (Wildman–Crippen LogP) is 3.16. The van der Waals surface area contributed by atoms with Gasteiger partial charge in [-0.1, -0.05) is 30.3 Å². The summed E-state index contributed by atoms with van der Waals surface area (Å²) in [5.74, 6) is 0.349. The van der Waals surface area contributed by atoms with Gasteiger partial charge in [0.2, 0.25) is 5.75 Å². The van der Waals surface area contributed by atoms with Crippen LogP contribution in [0.25, 0.3) is 22.3 Å². The second-order valence-electron chi connectivity index (χ2n) is 5.02. The van der Waals surface area contributed by atoms with Gasteiger partial charge in [-0.25, -0.2) is 0 Å². The molecule has 3 rings (SSSR count). The monoisotopic (exact) mass is 328 g/mol. The van der Waals surface area contributed by atoms with Crippen LogP contribution in [0.3, 0.4) is 0 Å². The van der Waals surface area contributed by atoms with Crippen molar-refractivity contribution >= 4 is 11.0 Å². The quantitative estimate of drug-likeness (QED) is 0.725. The van der Waals surface area contributed by atoms with E-state index in [0.717, 1.165) is 5.56 Å². The largest absolute Gasteiger partial charge is 0.504 e. The Labute approximate surface area is 137 Å². The van der Waals surface area contributed by atoms with E-state index >= 15 is 0 Å². The zero-order chi connectivity index (χ0) is 17.1. The third-order valence-electron chi connectivity index (χ3n) is 3.51. The van der Waals surface area contributed by atoms with Gasteiger partial charge in [0.1, 0.15) is 16.7 Å². The molecule has 0 atom stereocenters. The lowest BCUT2D eigenvalue weighted by Crippen LogP contribution is -2.05. The van der Waals surface area contributed by atoms with E-state index in [4.69, 9.17) is 18.6 Å². The minimum atomic E-state index is -0.371. The van der Waals surface area contributed by atoms with Crippen LogP contribution in [0.1, 0.15) is 0 Å². The Bertz CT molecular complexity index is 914. The lowest BCUT2D eigenvalue weighted by molar-refractivity contribution is 0.0490. The Morgan fingerprint density at radius 1 is 1.12 bits per heavy atom. The molecule has 0 saturated heterocycles. The van der Waals surface area contributed by atoms with E-state index in [9.17, 15) is 9.90 Å². The Balaban J connectivity index is 2.24. The van der Waals surface area contributed by atoms with Gasteiger partial charge in [-0.3, -0.25) is 4.79 Å². The van der Waals surface area contributed by atoms with Crippen LogP contribution in [0.4, 0.5) is 0 Å². The van der Waals surface area contributed by atoms with Crippen LogP contribution in [0, 0.1) is 0 Å². The molecule has 6 heteroatoms. The normalized spacial score (nSPS) is 10.8. The van der Waals surface area contributed by atoms with Gasteiger partial charge in [-0.15, -0.1) is 0 Å². The summed E-state index contributed by atoms with van der Waals surface area (Å²) in [5, 5.41) is 10.4. The number of phenolic OH excluding ortho intramolecular Hbond substituents is 1. The second-order valence-corrected chi connectivity index (χ2v) is 5.02. The summed E-state index contributed by atoms with van der Waals surface area (Å²) in [4.78, 5) is 12.4. The molecule has 0 saturated carbocycles. The SMILES string of the molecule is COCOc1cc2oc(-c3ccccc3)cc(=O)c2c(O)c1OC. The number of phenols is 1. The van der Waals surface area contributed by atoms with Gasteiger partial charge in [0, 0.05) is 24.8 Å². The van der Waals surface area contributed by atoms with Crippen LogP contribution in [-0.2, 0) is 4.74 Å². The molecule has 0 aliphatic rings. The highest BCUT2D eigenvalue weighted by atomic mass is 16.7. The second kappa shape index (κ2) is 6.64. The molecule has 2 aromatic carbocycles.